The van der Waals surface area contributed by atoms with E-state index >= 15 is 0 Å². The normalized spacial score (nSPS) is 15.2. The van der Waals surface area contributed by atoms with Crippen LogP contribution in [0.1, 0.15) is 26.0 Å². The summed E-state index contributed by atoms with van der Waals surface area (Å²) in [6.45, 7) is 5.50. The van der Waals surface area contributed by atoms with Gasteiger partial charge in [-0.3, -0.25) is 4.68 Å². The molecule has 0 fully saturated rings. The first-order valence-corrected chi connectivity index (χ1v) is 5.45. The zero-order valence-electron chi connectivity index (χ0n) is 9.82. The zero-order valence-corrected chi connectivity index (χ0v) is 9.82. The van der Waals surface area contributed by atoms with Crippen LogP contribution >= 0.6 is 0 Å². The van der Waals surface area contributed by atoms with Crippen molar-refractivity contribution in [3.63, 3.8) is 0 Å². The number of hydrogen-bond donors (Lipinski definition) is 2. The molecule has 4 heteroatoms. The van der Waals surface area contributed by atoms with Crippen LogP contribution in [-0.4, -0.2) is 33.6 Å². The van der Waals surface area contributed by atoms with Crippen LogP contribution in [0.15, 0.2) is 12.3 Å². The van der Waals surface area contributed by atoms with Crippen LogP contribution < -0.4 is 5.32 Å². The Morgan fingerprint density at radius 1 is 1.60 bits per heavy atom. The molecule has 0 amide bonds. The van der Waals surface area contributed by atoms with Crippen molar-refractivity contribution in [1.82, 2.24) is 15.1 Å². The van der Waals surface area contributed by atoms with E-state index in [0.29, 0.717) is 13.0 Å². The predicted octanol–water partition coefficient (Wildman–Crippen LogP) is 0.713. The second-order valence-electron chi connectivity index (χ2n) is 4.33. The van der Waals surface area contributed by atoms with Crippen molar-refractivity contribution in [2.45, 2.75) is 32.3 Å². The van der Waals surface area contributed by atoms with Crippen LogP contribution in [0.3, 0.4) is 0 Å². The van der Waals surface area contributed by atoms with Crippen LogP contribution in [0.25, 0.3) is 0 Å². The fourth-order valence-electron chi connectivity index (χ4n) is 1.54. The summed E-state index contributed by atoms with van der Waals surface area (Å²) in [6, 6.07) is 1.94. The predicted molar refractivity (Wildman–Crippen MR) is 60.7 cm³/mol. The molecule has 4 nitrogen and oxygen atoms in total. The monoisotopic (exact) mass is 211 g/mol. The molecule has 2 N–H and O–H groups in total. The summed E-state index contributed by atoms with van der Waals surface area (Å²) < 4.78 is 1.75. The van der Waals surface area contributed by atoms with Crippen LogP contribution in [0.4, 0.5) is 0 Å². The van der Waals surface area contributed by atoms with Crippen molar-refractivity contribution in [2.24, 2.45) is 7.05 Å². The van der Waals surface area contributed by atoms with Crippen LogP contribution in [0.5, 0.6) is 0 Å². The van der Waals surface area contributed by atoms with Gasteiger partial charge in [-0.05, 0) is 26.0 Å². The van der Waals surface area contributed by atoms with Crippen molar-refractivity contribution < 1.29 is 5.11 Å². The Morgan fingerprint density at radius 2 is 2.33 bits per heavy atom. The van der Waals surface area contributed by atoms with Gasteiger partial charge in [-0.15, -0.1) is 0 Å². The van der Waals surface area contributed by atoms with E-state index in [1.54, 1.807) is 4.68 Å². The fourth-order valence-corrected chi connectivity index (χ4v) is 1.54. The molecule has 1 aromatic heterocycles. The summed E-state index contributed by atoms with van der Waals surface area (Å²) in [5, 5.41) is 17.6. The molecule has 0 bridgehead atoms. The van der Waals surface area contributed by atoms with Gasteiger partial charge in [-0.2, -0.15) is 5.10 Å². The van der Waals surface area contributed by atoms with Crippen LogP contribution in [0, 0.1) is 0 Å². The van der Waals surface area contributed by atoms with Crippen molar-refractivity contribution in [2.75, 3.05) is 13.1 Å². The molecule has 0 aromatic carbocycles. The van der Waals surface area contributed by atoms with E-state index in [2.05, 4.69) is 17.3 Å². The lowest BCUT2D eigenvalue weighted by Crippen LogP contribution is -2.40. The van der Waals surface area contributed by atoms with Gasteiger partial charge in [0, 0.05) is 26.2 Å². The Hall–Kier alpha value is -0.870. The topological polar surface area (TPSA) is 50.1 Å². The van der Waals surface area contributed by atoms with E-state index in [-0.39, 0.29) is 0 Å². The number of rotatable bonds is 6. The van der Waals surface area contributed by atoms with Gasteiger partial charge < -0.3 is 10.4 Å². The highest BCUT2D eigenvalue weighted by molar-refractivity contribution is 5.03. The average molecular weight is 211 g/mol. The van der Waals surface area contributed by atoms with E-state index in [1.165, 1.54) is 0 Å². The third-order valence-electron chi connectivity index (χ3n) is 2.26. The molecule has 0 aliphatic carbocycles. The number of nitrogens with one attached hydrogen (secondary N) is 1. The first-order chi connectivity index (χ1) is 7.03. The van der Waals surface area contributed by atoms with E-state index in [4.69, 9.17) is 0 Å². The maximum absolute atomic E-state index is 10.1. The Kier molecular flexibility index (Phi) is 4.29. The average Bonchev–Trinajstić information content (AvgIpc) is 2.50. The van der Waals surface area contributed by atoms with Gasteiger partial charge in [-0.1, -0.05) is 6.92 Å². The first-order valence-electron chi connectivity index (χ1n) is 5.45. The van der Waals surface area contributed by atoms with Crippen LogP contribution in [-0.2, 0) is 13.5 Å². The highest BCUT2D eigenvalue weighted by Crippen LogP contribution is 2.10. The SMILES string of the molecule is CCCNCC(C)(O)Cc1ccn(C)n1. The fraction of sp³-hybridized carbons (Fsp3) is 0.727. The highest BCUT2D eigenvalue weighted by atomic mass is 16.3. The quantitative estimate of drug-likeness (QED) is 0.681. The van der Waals surface area contributed by atoms with Gasteiger partial charge in [-0.25, -0.2) is 0 Å². The van der Waals surface area contributed by atoms with E-state index in [1.807, 2.05) is 26.2 Å². The van der Waals surface area contributed by atoms with E-state index in [9.17, 15) is 5.11 Å². The maximum Gasteiger partial charge on any atom is 0.0799 e. The van der Waals surface area contributed by atoms with Crippen molar-refractivity contribution in [1.29, 1.82) is 0 Å². The minimum atomic E-state index is -0.719. The first kappa shape index (κ1) is 12.2. The standard InChI is InChI=1S/C11H21N3O/c1-4-6-12-9-11(2,15)8-10-5-7-14(3)13-10/h5,7,12,15H,4,6,8-9H2,1-3H3. The summed E-state index contributed by atoms with van der Waals surface area (Å²) in [5.74, 6) is 0. The lowest BCUT2D eigenvalue weighted by atomic mass is 10.0. The maximum atomic E-state index is 10.1. The van der Waals surface area contributed by atoms with Crippen molar-refractivity contribution in [3.8, 4) is 0 Å². The molecular formula is C11H21N3O. The molecule has 0 spiro atoms. The second-order valence-corrected chi connectivity index (χ2v) is 4.33. The zero-order chi connectivity index (χ0) is 11.3. The largest absolute Gasteiger partial charge is 0.388 e. The molecule has 0 aliphatic rings. The Morgan fingerprint density at radius 3 is 2.87 bits per heavy atom. The second kappa shape index (κ2) is 5.28. The summed E-state index contributed by atoms with van der Waals surface area (Å²) in [4.78, 5) is 0. The van der Waals surface area contributed by atoms with Gasteiger partial charge in [0.2, 0.25) is 0 Å². The summed E-state index contributed by atoms with van der Waals surface area (Å²) in [6.07, 6.45) is 3.56. The highest BCUT2D eigenvalue weighted by Gasteiger charge is 2.21. The molecule has 86 valence electrons. The smallest absolute Gasteiger partial charge is 0.0799 e. The third-order valence-corrected chi connectivity index (χ3v) is 2.26. The van der Waals surface area contributed by atoms with Crippen molar-refractivity contribution >= 4 is 0 Å². The van der Waals surface area contributed by atoms with Gasteiger partial charge in [0.15, 0.2) is 0 Å². The minimum absolute atomic E-state index is 0.588. The lowest BCUT2D eigenvalue weighted by molar-refractivity contribution is 0.0593. The number of aliphatic hydroxyl groups is 1. The Balaban J connectivity index is 2.41. The Bertz CT molecular complexity index is 294. The summed E-state index contributed by atoms with van der Waals surface area (Å²) in [7, 11) is 1.88. The van der Waals surface area contributed by atoms with Crippen molar-refractivity contribution in [3.05, 3.63) is 18.0 Å². The number of aromatic nitrogens is 2. The molecular weight excluding hydrogens is 190 g/mol. The molecule has 0 saturated heterocycles. The molecule has 1 aromatic rings. The number of hydrogen-bond acceptors (Lipinski definition) is 3. The number of nitrogens with zero attached hydrogens (tertiary/aromatic N) is 2. The molecule has 1 unspecified atom stereocenters. The third kappa shape index (κ3) is 4.44. The molecule has 0 aliphatic heterocycles. The molecule has 15 heavy (non-hydrogen) atoms. The van der Waals surface area contributed by atoms with E-state index < -0.39 is 5.60 Å². The van der Waals surface area contributed by atoms with Gasteiger partial charge >= 0.3 is 0 Å². The summed E-state index contributed by atoms with van der Waals surface area (Å²) in [5.41, 5.74) is 0.213. The van der Waals surface area contributed by atoms with Gasteiger partial charge in [0.25, 0.3) is 0 Å². The van der Waals surface area contributed by atoms with Crippen LogP contribution in [0.2, 0.25) is 0 Å². The molecule has 0 radical (unpaired) electrons. The van der Waals surface area contributed by atoms with Gasteiger partial charge in [0.05, 0.1) is 11.3 Å². The van der Waals surface area contributed by atoms with E-state index in [0.717, 1.165) is 18.7 Å². The molecule has 1 heterocycles. The molecule has 1 atom stereocenters. The lowest BCUT2D eigenvalue weighted by Gasteiger charge is -2.22. The minimum Gasteiger partial charge on any atom is -0.388 e. The number of aryl methyl sites for hydroxylation is 1. The Labute approximate surface area is 91.3 Å². The van der Waals surface area contributed by atoms with Gasteiger partial charge in [0.1, 0.15) is 0 Å². The molecule has 1 rings (SSSR count). The molecule has 0 saturated carbocycles. The summed E-state index contributed by atoms with van der Waals surface area (Å²) >= 11 is 0.